The Bertz CT molecular complexity index is 1580. The second-order valence-electron chi connectivity index (χ2n) is 21.2. The molecule has 0 aromatic heterocycles. The summed E-state index contributed by atoms with van der Waals surface area (Å²) < 4.78 is 6.40. The Balaban J connectivity index is 1.13. The molecule has 0 radical (unpaired) electrons. The van der Waals surface area contributed by atoms with Crippen molar-refractivity contribution in [3.8, 4) is 0 Å². The maximum Gasteiger partial charge on any atom is 0.309 e. The third-order valence-electron chi connectivity index (χ3n) is 17.7. The third kappa shape index (κ3) is 5.27. The van der Waals surface area contributed by atoms with Crippen molar-refractivity contribution in [2.75, 3.05) is 19.6 Å². The van der Waals surface area contributed by atoms with Gasteiger partial charge >= 0.3 is 11.9 Å². The number of carboxylic acid groups (broad SMARTS) is 1. The molecular formula is C43H67N3O6. The summed E-state index contributed by atoms with van der Waals surface area (Å²) in [5.41, 5.74) is 7.32. The summed E-state index contributed by atoms with van der Waals surface area (Å²) in [6.07, 6.45) is 9.01. The Morgan fingerprint density at radius 1 is 0.885 bits per heavy atom. The van der Waals surface area contributed by atoms with Crippen LogP contribution in [0.2, 0.25) is 0 Å². The van der Waals surface area contributed by atoms with Crippen molar-refractivity contribution < 1.29 is 29.0 Å². The van der Waals surface area contributed by atoms with Crippen LogP contribution in [0.1, 0.15) is 133 Å². The van der Waals surface area contributed by atoms with Gasteiger partial charge in [-0.25, -0.2) is 0 Å². The molecule has 0 aromatic carbocycles. The number of carbonyl (C=O) groups is 4. The predicted octanol–water partition coefficient (Wildman–Crippen LogP) is 6.43. The van der Waals surface area contributed by atoms with Gasteiger partial charge in [0.2, 0.25) is 5.91 Å². The van der Waals surface area contributed by atoms with Gasteiger partial charge in [0.15, 0.2) is 5.78 Å². The molecule has 1 saturated heterocycles. The molecule has 0 spiro atoms. The van der Waals surface area contributed by atoms with Crippen molar-refractivity contribution in [3.05, 3.63) is 11.1 Å². The summed E-state index contributed by atoms with van der Waals surface area (Å²) in [5, 5.41) is 16.0. The Labute approximate surface area is 311 Å². The molecule has 290 valence electrons. The highest BCUT2D eigenvalue weighted by molar-refractivity contribution is 6.01. The van der Waals surface area contributed by atoms with Crippen LogP contribution >= 0.6 is 0 Å². The molecule has 52 heavy (non-hydrogen) atoms. The molecule has 9 heteroatoms. The van der Waals surface area contributed by atoms with E-state index in [1.54, 1.807) is 0 Å². The molecule has 0 aromatic rings. The number of allylic oxidation sites excluding steroid dienone is 2. The van der Waals surface area contributed by atoms with E-state index in [0.29, 0.717) is 50.7 Å². The number of ketones is 1. The average Bonchev–Trinajstić information content (AvgIpc) is 3.31. The molecule has 1 aliphatic heterocycles. The zero-order valence-corrected chi connectivity index (χ0v) is 33.5. The standard InChI is InChI=1S/C43H67N3O6/c1-24(2)33-28(47)19-42(20-32(48)46-23-43(44)21-45-22-43)17-16-40(8)25(34(33)42)10-11-30-39(7)14-13-31(38(5,6)29(39)12-15-41(30,40)9)52-36(51)27-18-26(35(49)50)37(27,3)4/h24-27,29-31,45H,10-23,44H2,1-9H3,(H,46,48)(H,49,50)/t25-,26+,27-,29+,30-,31+,39+,40-,41-,42+/m1/s1. The van der Waals surface area contributed by atoms with E-state index in [2.05, 4.69) is 59.1 Å². The highest BCUT2D eigenvalue weighted by Gasteiger charge is 2.70. The van der Waals surface area contributed by atoms with Crippen molar-refractivity contribution in [1.29, 1.82) is 0 Å². The van der Waals surface area contributed by atoms with Gasteiger partial charge in [0.1, 0.15) is 6.10 Å². The molecule has 7 rings (SSSR count). The van der Waals surface area contributed by atoms with Crippen molar-refractivity contribution in [2.45, 2.75) is 145 Å². The monoisotopic (exact) mass is 722 g/mol. The van der Waals surface area contributed by atoms with Crippen LogP contribution in [0.5, 0.6) is 0 Å². The van der Waals surface area contributed by atoms with Gasteiger partial charge in [0.05, 0.1) is 17.4 Å². The van der Waals surface area contributed by atoms with Gasteiger partial charge in [-0.2, -0.15) is 0 Å². The number of nitrogens with one attached hydrogen (secondary N) is 2. The van der Waals surface area contributed by atoms with E-state index >= 15 is 0 Å². The number of nitrogens with two attached hydrogens (primary N) is 1. The van der Waals surface area contributed by atoms with Crippen LogP contribution < -0.4 is 16.4 Å². The Morgan fingerprint density at radius 3 is 2.17 bits per heavy atom. The molecule has 10 atom stereocenters. The fourth-order valence-electron chi connectivity index (χ4n) is 14.3. The average molecular weight is 722 g/mol. The Kier molecular flexibility index (Phi) is 8.86. The lowest BCUT2D eigenvalue weighted by Crippen LogP contribution is -2.70. The van der Waals surface area contributed by atoms with E-state index < -0.39 is 22.7 Å². The first-order valence-electron chi connectivity index (χ1n) is 20.5. The Morgan fingerprint density at radius 2 is 1.58 bits per heavy atom. The number of Topliss-reactive ketones (excluding diaryl/α,β-unsaturated/α-hetero) is 1. The minimum atomic E-state index is -0.830. The van der Waals surface area contributed by atoms with Crippen LogP contribution in [0.25, 0.3) is 0 Å². The molecular weight excluding hydrogens is 654 g/mol. The second kappa shape index (κ2) is 12.1. The number of rotatable bonds is 8. The molecule has 7 aliphatic rings. The minimum Gasteiger partial charge on any atom is -0.481 e. The van der Waals surface area contributed by atoms with Crippen molar-refractivity contribution in [2.24, 2.45) is 73.7 Å². The molecule has 5 saturated carbocycles. The van der Waals surface area contributed by atoms with Gasteiger partial charge in [-0.15, -0.1) is 0 Å². The molecule has 5 N–H and O–H groups in total. The largest absolute Gasteiger partial charge is 0.481 e. The van der Waals surface area contributed by atoms with Crippen LogP contribution in [0.4, 0.5) is 0 Å². The minimum absolute atomic E-state index is 0.00677. The number of hydrogen-bond acceptors (Lipinski definition) is 7. The first-order chi connectivity index (χ1) is 24.1. The normalized spacial score (nSPS) is 43.9. The lowest BCUT2D eigenvalue weighted by molar-refractivity contribution is -0.236. The Hall–Kier alpha value is -2.26. The van der Waals surface area contributed by atoms with Gasteiger partial charge in [-0.3, -0.25) is 19.2 Å². The first-order valence-corrected chi connectivity index (χ1v) is 20.5. The van der Waals surface area contributed by atoms with Crippen molar-refractivity contribution >= 4 is 23.6 Å². The van der Waals surface area contributed by atoms with E-state index in [1.165, 1.54) is 5.57 Å². The maximum atomic E-state index is 14.0. The number of ether oxygens (including phenoxy) is 1. The molecule has 0 unspecified atom stereocenters. The van der Waals surface area contributed by atoms with E-state index in [-0.39, 0.29) is 68.7 Å². The molecule has 6 aliphatic carbocycles. The fourth-order valence-corrected chi connectivity index (χ4v) is 14.3. The molecule has 1 heterocycles. The van der Waals surface area contributed by atoms with Crippen LogP contribution in [-0.2, 0) is 23.9 Å². The maximum absolute atomic E-state index is 14.0. The van der Waals surface area contributed by atoms with Crippen LogP contribution in [0, 0.1) is 68.0 Å². The summed E-state index contributed by atoms with van der Waals surface area (Å²) in [4.78, 5) is 53.0. The summed E-state index contributed by atoms with van der Waals surface area (Å²) in [6.45, 7) is 22.2. The zero-order chi connectivity index (χ0) is 38.0. The van der Waals surface area contributed by atoms with Crippen LogP contribution in [-0.4, -0.2) is 60.0 Å². The summed E-state index contributed by atoms with van der Waals surface area (Å²) in [5.74, 6) is -0.361. The van der Waals surface area contributed by atoms with Gasteiger partial charge in [-0.1, -0.05) is 67.9 Å². The number of hydrogen-bond donors (Lipinski definition) is 4. The molecule has 0 bridgehead atoms. The molecule has 9 nitrogen and oxygen atoms in total. The predicted molar refractivity (Wildman–Crippen MR) is 200 cm³/mol. The lowest BCUT2D eigenvalue weighted by atomic mass is 9.33. The van der Waals surface area contributed by atoms with Gasteiger partial charge in [-0.05, 0) is 109 Å². The fraction of sp³-hybridized carbons (Fsp3) is 0.860. The number of carboxylic acids is 1. The van der Waals surface area contributed by atoms with E-state index in [9.17, 15) is 24.3 Å². The first kappa shape index (κ1) is 38.0. The lowest BCUT2D eigenvalue weighted by Gasteiger charge is -2.72. The summed E-state index contributed by atoms with van der Waals surface area (Å²) >= 11 is 0. The van der Waals surface area contributed by atoms with E-state index in [1.807, 2.05) is 13.8 Å². The van der Waals surface area contributed by atoms with E-state index in [4.69, 9.17) is 10.5 Å². The quantitative estimate of drug-likeness (QED) is 0.210. The van der Waals surface area contributed by atoms with Crippen LogP contribution in [0.3, 0.4) is 0 Å². The highest BCUT2D eigenvalue weighted by Crippen LogP contribution is 2.77. The van der Waals surface area contributed by atoms with Crippen LogP contribution in [0.15, 0.2) is 11.1 Å². The zero-order valence-electron chi connectivity index (χ0n) is 33.5. The topological polar surface area (TPSA) is 148 Å². The van der Waals surface area contributed by atoms with Crippen molar-refractivity contribution in [1.82, 2.24) is 10.6 Å². The summed E-state index contributed by atoms with van der Waals surface area (Å²) in [7, 11) is 0. The third-order valence-corrected chi connectivity index (χ3v) is 17.7. The van der Waals surface area contributed by atoms with Gasteiger partial charge in [0, 0.05) is 43.3 Å². The number of fused-ring (bicyclic) bond motifs is 7. The molecule has 1 amide bonds. The number of aliphatic carboxylic acids is 1. The van der Waals surface area contributed by atoms with Gasteiger partial charge in [0.25, 0.3) is 0 Å². The number of esters is 1. The smallest absolute Gasteiger partial charge is 0.309 e. The van der Waals surface area contributed by atoms with E-state index in [0.717, 1.165) is 56.9 Å². The highest BCUT2D eigenvalue weighted by atomic mass is 16.5. The molecule has 6 fully saturated rings. The van der Waals surface area contributed by atoms with Gasteiger partial charge < -0.3 is 26.2 Å². The summed E-state index contributed by atoms with van der Waals surface area (Å²) in [6, 6.07) is 0. The van der Waals surface area contributed by atoms with Crippen molar-refractivity contribution in [3.63, 3.8) is 0 Å². The second-order valence-corrected chi connectivity index (χ2v) is 21.2. The number of carbonyl (C=O) groups excluding carboxylic acids is 3. The number of amides is 1. The SMILES string of the molecule is CC(C)C1=C2[C@H]3CC[C@@H]4[C@@]5(C)CC[C@H](OC(=O)[C@H]6C[C@@H](C(=O)O)C6(C)C)C(C)(C)[C@@H]5CC[C@@]4(C)[C@]3(C)CC[C@@]2(CC(=O)NCC2(N)CNC2)CC1=O.